The van der Waals surface area contributed by atoms with Gasteiger partial charge in [0.05, 0.1) is 0 Å². The monoisotopic (exact) mass is 393 g/mol. The van der Waals surface area contributed by atoms with Crippen molar-refractivity contribution in [3.8, 4) is 0 Å². The van der Waals surface area contributed by atoms with E-state index in [4.69, 9.17) is 11.5 Å². The topological polar surface area (TPSA) is 98.2 Å². The molecule has 24 heavy (non-hydrogen) atoms. The summed E-state index contributed by atoms with van der Waals surface area (Å²) in [6.45, 7) is 0. The second-order valence-electron chi connectivity index (χ2n) is 7.10. The molecule has 0 saturated heterocycles. The molecule has 2 fully saturated rings. The molecule has 3 rings (SSSR count). The maximum Gasteiger partial charge on any atom is 0.244 e. The first-order chi connectivity index (χ1) is 11.5. The van der Waals surface area contributed by atoms with Crippen molar-refractivity contribution in [3.05, 3.63) is 34.3 Å². The van der Waals surface area contributed by atoms with E-state index in [1.807, 2.05) is 12.1 Å². The Balaban J connectivity index is 1.71. The van der Waals surface area contributed by atoms with Crippen molar-refractivity contribution >= 4 is 27.7 Å². The molecule has 6 heteroatoms. The lowest BCUT2D eigenvalue weighted by Crippen LogP contribution is -2.50. The first-order valence-corrected chi connectivity index (χ1v) is 9.35. The maximum absolute atomic E-state index is 12.7. The fraction of sp³-hybridized carbons (Fsp3) is 0.556. The molecule has 5 nitrogen and oxygen atoms in total. The van der Waals surface area contributed by atoms with Crippen molar-refractivity contribution < 1.29 is 9.59 Å². The molecule has 3 unspecified atom stereocenters. The number of primary amides is 1. The molecule has 2 amide bonds. The van der Waals surface area contributed by atoms with Gasteiger partial charge < -0.3 is 16.8 Å². The highest BCUT2D eigenvalue weighted by atomic mass is 79.9. The smallest absolute Gasteiger partial charge is 0.244 e. The van der Waals surface area contributed by atoms with Gasteiger partial charge in [0.2, 0.25) is 11.8 Å². The summed E-state index contributed by atoms with van der Waals surface area (Å²) >= 11 is 3.38. The molecule has 0 spiro atoms. The summed E-state index contributed by atoms with van der Waals surface area (Å²) in [5.41, 5.74) is 12.5. The molecule has 0 radical (unpaired) electrons. The Labute approximate surface area is 150 Å². The Hall–Kier alpha value is -1.40. The Morgan fingerprint density at radius 2 is 1.88 bits per heavy atom. The molecular weight excluding hydrogens is 370 g/mol. The van der Waals surface area contributed by atoms with Crippen molar-refractivity contribution in [1.82, 2.24) is 5.32 Å². The molecule has 2 aliphatic rings. The minimum atomic E-state index is -0.801. The highest BCUT2D eigenvalue weighted by molar-refractivity contribution is 9.10. The number of nitrogens with two attached hydrogens (primary N) is 2. The van der Waals surface area contributed by atoms with Crippen molar-refractivity contribution in [2.45, 2.75) is 44.2 Å². The van der Waals surface area contributed by atoms with Gasteiger partial charge in [-0.05, 0) is 55.2 Å². The normalized spacial score (nSPS) is 30.4. The first kappa shape index (κ1) is 17.4. The van der Waals surface area contributed by atoms with Gasteiger partial charge in [0.15, 0.2) is 0 Å². The van der Waals surface area contributed by atoms with Crippen LogP contribution in [0.3, 0.4) is 0 Å². The molecule has 0 heterocycles. The fourth-order valence-corrected chi connectivity index (χ4v) is 4.69. The van der Waals surface area contributed by atoms with Gasteiger partial charge in [-0.25, -0.2) is 0 Å². The van der Waals surface area contributed by atoms with Crippen LogP contribution in [0.2, 0.25) is 0 Å². The van der Waals surface area contributed by atoms with Crippen LogP contribution in [-0.2, 0) is 9.59 Å². The number of hydrogen-bond acceptors (Lipinski definition) is 3. The lowest BCUT2D eigenvalue weighted by molar-refractivity contribution is -0.132. The van der Waals surface area contributed by atoms with Crippen LogP contribution in [0.4, 0.5) is 0 Å². The van der Waals surface area contributed by atoms with E-state index in [0.29, 0.717) is 17.4 Å². The fourth-order valence-electron chi connectivity index (χ4n) is 4.27. The third-order valence-corrected chi connectivity index (χ3v) is 6.03. The van der Waals surface area contributed by atoms with Crippen LogP contribution in [0.5, 0.6) is 0 Å². The molecular formula is C18H24BrN3O2. The van der Waals surface area contributed by atoms with Crippen LogP contribution in [0.1, 0.15) is 43.7 Å². The van der Waals surface area contributed by atoms with Gasteiger partial charge in [0.25, 0.3) is 0 Å². The molecule has 1 aromatic rings. The third kappa shape index (κ3) is 3.64. The van der Waals surface area contributed by atoms with E-state index in [1.165, 1.54) is 6.42 Å². The highest BCUT2D eigenvalue weighted by Gasteiger charge is 2.41. The predicted octanol–water partition coefficient (Wildman–Crippen LogP) is 2.25. The lowest BCUT2D eigenvalue weighted by Gasteiger charge is -2.43. The van der Waals surface area contributed by atoms with Gasteiger partial charge in [-0.2, -0.15) is 0 Å². The van der Waals surface area contributed by atoms with E-state index >= 15 is 0 Å². The first-order valence-electron chi connectivity index (χ1n) is 8.56. The van der Waals surface area contributed by atoms with E-state index in [2.05, 4.69) is 21.2 Å². The van der Waals surface area contributed by atoms with Gasteiger partial charge in [-0.3, -0.25) is 9.59 Å². The summed E-state index contributed by atoms with van der Waals surface area (Å²) in [6.07, 6.45) is 5.04. The van der Waals surface area contributed by atoms with E-state index in [9.17, 15) is 9.59 Å². The molecule has 5 N–H and O–H groups in total. The SMILES string of the molecule is NC(=O)C(NC(=O)C1CC2CCCC(C1)C2N)c1cccc(Br)c1. The van der Waals surface area contributed by atoms with Crippen LogP contribution in [0, 0.1) is 17.8 Å². The van der Waals surface area contributed by atoms with Crippen molar-refractivity contribution in [2.75, 3.05) is 0 Å². The Bertz CT molecular complexity index is 622. The number of fused-ring (bicyclic) bond motifs is 2. The number of amides is 2. The molecule has 1 aromatic carbocycles. The lowest BCUT2D eigenvalue weighted by atomic mass is 9.65. The van der Waals surface area contributed by atoms with Crippen LogP contribution in [0.15, 0.2) is 28.7 Å². The van der Waals surface area contributed by atoms with Crippen LogP contribution in [0.25, 0.3) is 0 Å². The summed E-state index contributed by atoms with van der Waals surface area (Å²) in [7, 11) is 0. The second-order valence-corrected chi connectivity index (χ2v) is 8.01. The average Bonchev–Trinajstić information content (AvgIpc) is 2.51. The molecule has 130 valence electrons. The molecule has 0 aliphatic heterocycles. The van der Waals surface area contributed by atoms with Gasteiger partial charge >= 0.3 is 0 Å². The quantitative estimate of drug-likeness (QED) is 0.731. The number of nitrogens with one attached hydrogen (secondary N) is 1. The maximum atomic E-state index is 12.7. The number of carbonyl (C=O) groups excluding carboxylic acids is 2. The van der Waals surface area contributed by atoms with Gasteiger partial charge in [0.1, 0.15) is 6.04 Å². The van der Waals surface area contributed by atoms with E-state index in [0.717, 1.165) is 30.2 Å². The van der Waals surface area contributed by atoms with Crippen molar-refractivity contribution in [3.63, 3.8) is 0 Å². The van der Waals surface area contributed by atoms with E-state index < -0.39 is 11.9 Å². The number of benzene rings is 1. The molecule has 3 atom stereocenters. The zero-order valence-corrected chi connectivity index (χ0v) is 15.2. The highest BCUT2D eigenvalue weighted by Crippen LogP contribution is 2.42. The number of rotatable bonds is 4. The standard InChI is InChI=1S/C18H24BrN3O2/c19-14-6-2-5-12(9-14)16(17(21)23)22-18(24)13-7-10-3-1-4-11(8-13)15(10)20/h2,5-6,9-11,13,15-16H,1,3-4,7-8,20H2,(H2,21,23)(H,22,24). The molecule has 0 aromatic heterocycles. The zero-order chi connectivity index (χ0) is 17.3. The van der Waals surface area contributed by atoms with Crippen LogP contribution < -0.4 is 16.8 Å². The van der Waals surface area contributed by atoms with Crippen molar-refractivity contribution in [1.29, 1.82) is 0 Å². The minimum absolute atomic E-state index is 0.0749. The number of carbonyl (C=O) groups is 2. The Kier molecular flexibility index (Phi) is 5.25. The molecule has 2 aliphatic carbocycles. The third-order valence-electron chi connectivity index (χ3n) is 5.54. The number of hydrogen-bond donors (Lipinski definition) is 3. The van der Waals surface area contributed by atoms with Crippen molar-refractivity contribution in [2.24, 2.45) is 29.2 Å². The zero-order valence-electron chi connectivity index (χ0n) is 13.6. The summed E-state index contributed by atoms with van der Waals surface area (Å²) < 4.78 is 0.846. The average molecular weight is 394 g/mol. The molecule has 2 saturated carbocycles. The van der Waals surface area contributed by atoms with Gasteiger partial charge in [-0.1, -0.05) is 34.5 Å². The minimum Gasteiger partial charge on any atom is -0.368 e. The summed E-state index contributed by atoms with van der Waals surface area (Å²) in [5.74, 6) is 0.142. The van der Waals surface area contributed by atoms with E-state index in [1.54, 1.807) is 12.1 Å². The number of halogens is 1. The predicted molar refractivity (Wildman–Crippen MR) is 95.8 cm³/mol. The van der Waals surface area contributed by atoms with E-state index in [-0.39, 0.29) is 17.9 Å². The largest absolute Gasteiger partial charge is 0.368 e. The summed E-state index contributed by atoms with van der Waals surface area (Å²) in [6, 6.07) is 6.72. The summed E-state index contributed by atoms with van der Waals surface area (Å²) in [5, 5.41) is 2.86. The molecule has 2 bridgehead atoms. The second kappa shape index (κ2) is 7.23. The van der Waals surface area contributed by atoms with Crippen LogP contribution in [-0.4, -0.2) is 17.9 Å². The van der Waals surface area contributed by atoms with Crippen LogP contribution >= 0.6 is 15.9 Å². The van der Waals surface area contributed by atoms with Gasteiger partial charge in [0, 0.05) is 16.4 Å². The summed E-state index contributed by atoms with van der Waals surface area (Å²) in [4.78, 5) is 24.6. The Morgan fingerprint density at radius 1 is 1.21 bits per heavy atom. The Morgan fingerprint density at radius 3 is 2.46 bits per heavy atom. The van der Waals surface area contributed by atoms with Gasteiger partial charge in [-0.15, -0.1) is 0 Å².